The highest BCUT2D eigenvalue weighted by Crippen LogP contribution is 2.33. The minimum Gasteiger partial charge on any atom is -0.331 e. The molecule has 0 saturated carbocycles. The van der Waals surface area contributed by atoms with Crippen molar-refractivity contribution >= 4 is 33.8 Å². The molecule has 0 radical (unpaired) electrons. The molecule has 106 valence electrons. The number of hydrogen-bond acceptors (Lipinski definition) is 3. The van der Waals surface area contributed by atoms with Crippen LogP contribution in [0.4, 0.5) is 10.8 Å². The number of aryl methyl sites for hydroxylation is 2. The van der Waals surface area contributed by atoms with Crippen LogP contribution >= 0.6 is 22.9 Å². The van der Waals surface area contributed by atoms with Gasteiger partial charge in [-0.1, -0.05) is 48.0 Å². The van der Waals surface area contributed by atoms with Gasteiger partial charge < -0.3 is 5.32 Å². The molecule has 0 fully saturated rings. The summed E-state index contributed by atoms with van der Waals surface area (Å²) < 4.78 is 0. The summed E-state index contributed by atoms with van der Waals surface area (Å²) in [6.07, 6.45) is 0. The second kappa shape index (κ2) is 5.88. The van der Waals surface area contributed by atoms with E-state index < -0.39 is 0 Å². The van der Waals surface area contributed by atoms with Gasteiger partial charge in [-0.15, -0.1) is 11.3 Å². The zero-order valence-electron chi connectivity index (χ0n) is 11.9. The van der Waals surface area contributed by atoms with Gasteiger partial charge >= 0.3 is 0 Å². The molecule has 2 aromatic carbocycles. The van der Waals surface area contributed by atoms with Gasteiger partial charge in [-0.3, -0.25) is 0 Å². The molecule has 0 spiro atoms. The highest BCUT2D eigenvalue weighted by molar-refractivity contribution is 7.16. The minimum atomic E-state index is 0.722. The summed E-state index contributed by atoms with van der Waals surface area (Å²) in [7, 11) is 0. The Kier molecular flexibility index (Phi) is 3.95. The Morgan fingerprint density at radius 1 is 1.05 bits per heavy atom. The topological polar surface area (TPSA) is 24.9 Å². The van der Waals surface area contributed by atoms with Crippen molar-refractivity contribution in [2.45, 2.75) is 13.8 Å². The zero-order valence-corrected chi connectivity index (χ0v) is 13.4. The first-order valence-electron chi connectivity index (χ1n) is 6.69. The summed E-state index contributed by atoms with van der Waals surface area (Å²) in [6, 6.07) is 16.1. The minimum absolute atomic E-state index is 0.722. The molecule has 0 aliphatic heterocycles. The van der Waals surface area contributed by atoms with E-state index in [9.17, 15) is 0 Å². The molecule has 21 heavy (non-hydrogen) atoms. The lowest BCUT2D eigenvalue weighted by atomic mass is 10.1. The predicted octanol–water partition coefficient (Wildman–Crippen LogP) is 5.82. The Morgan fingerprint density at radius 2 is 1.81 bits per heavy atom. The predicted molar refractivity (Wildman–Crippen MR) is 91.8 cm³/mol. The molecule has 4 heteroatoms. The summed E-state index contributed by atoms with van der Waals surface area (Å²) in [5.41, 5.74) is 4.31. The van der Waals surface area contributed by atoms with Crippen molar-refractivity contribution in [3.63, 3.8) is 0 Å². The van der Waals surface area contributed by atoms with Crippen molar-refractivity contribution in [1.82, 2.24) is 4.98 Å². The molecule has 0 unspecified atom stereocenters. The first-order chi connectivity index (χ1) is 10.1. The molecule has 3 rings (SSSR count). The van der Waals surface area contributed by atoms with Gasteiger partial charge in [-0.2, -0.15) is 0 Å². The Labute approximate surface area is 133 Å². The van der Waals surface area contributed by atoms with Gasteiger partial charge in [-0.25, -0.2) is 4.98 Å². The van der Waals surface area contributed by atoms with Gasteiger partial charge in [0, 0.05) is 21.2 Å². The molecule has 0 saturated heterocycles. The van der Waals surface area contributed by atoms with Crippen LogP contribution in [-0.2, 0) is 0 Å². The van der Waals surface area contributed by atoms with Crippen LogP contribution in [0.15, 0.2) is 48.5 Å². The maximum Gasteiger partial charge on any atom is 0.187 e. The lowest BCUT2D eigenvalue weighted by Crippen LogP contribution is -1.92. The number of nitrogens with one attached hydrogen (secondary N) is 1. The molecule has 1 heterocycles. The van der Waals surface area contributed by atoms with Gasteiger partial charge in [0.1, 0.15) is 0 Å². The van der Waals surface area contributed by atoms with E-state index in [1.54, 1.807) is 11.3 Å². The number of aromatic nitrogens is 1. The molecule has 1 aromatic heterocycles. The number of anilines is 2. The lowest BCUT2D eigenvalue weighted by molar-refractivity contribution is 1.34. The number of halogens is 1. The quantitative estimate of drug-likeness (QED) is 0.658. The Hall–Kier alpha value is -1.84. The molecule has 0 bridgehead atoms. The fourth-order valence-electron chi connectivity index (χ4n) is 2.16. The molecular formula is C17H15ClN2S. The zero-order chi connectivity index (χ0) is 14.8. The lowest BCUT2D eigenvalue weighted by Gasteiger charge is -2.06. The molecule has 1 N–H and O–H groups in total. The van der Waals surface area contributed by atoms with Gasteiger partial charge in [0.2, 0.25) is 0 Å². The van der Waals surface area contributed by atoms with Crippen LogP contribution in [0.2, 0.25) is 5.02 Å². The molecule has 0 aliphatic carbocycles. The van der Waals surface area contributed by atoms with E-state index in [-0.39, 0.29) is 0 Å². The van der Waals surface area contributed by atoms with E-state index in [0.717, 1.165) is 32.7 Å². The van der Waals surface area contributed by atoms with Gasteiger partial charge in [0.05, 0.1) is 5.69 Å². The van der Waals surface area contributed by atoms with E-state index in [2.05, 4.69) is 31.3 Å². The maximum absolute atomic E-state index is 6.06. The SMILES string of the molecule is Cc1ccc(Cl)cc1Nc1nc(-c2ccccc2)c(C)s1. The van der Waals surface area contributed by atoms with E-state index in [4.69, 9.17) is 16.6 Å². The van der Waals surface area contributed by atoms with Crippen LogP contribution in [0.5, 0.6) is 0 Å². The summed E-state index contributed by atoms with van der Waals surface area (Å²) in [6.45, 7) is 4.15. The van der Waals surface area contributed by atoms with Crippen molar-refractivity contribution in [2.75, 3.05) is 5.32 Å². The molecule has 0 aliphatic rings. The van der Waals surface area contributed by atoms with E-state index in [0.29, 0.717) is 0 Å². The Balaban J connectivity index is 1.93. The molecule has 3 aromatic rings. The second-order valence-corrected chi connectivity index (χ2v) is 6.51. The van der Waals surface area contributed by atoms with Gasteiger partial charge in [0.15, 0.2) is 5.13 Å². The normalized spacial score (nSPS) is 10.6. The fourth-order valence-corrected chi connectivity index (χ4v) is 3.18. The molecular weight excluding hydrogens is 300 g/mol. The van der Waals surface area contributed by atoms with Crippen LogP contribution < -0.4 is 5.32 Å². The van der Waals surface area contributed by atoms with Crippen LogP contribution in [0.25, 0.3) is 11.3 Å². The first-order valence-corrected chi connectivity index (χ1v) is 7.89. The summed E-state index contributed by atoms with van der Waals surface area (Å²) >= 11 is 7.71. The number of nitrogens with zero attached hydrogens (tertiary/aromatic N) is 1. The average molecular weight is 315 g/mol. The maximum atomic E-state index is 6.06. The Bertz CT molecular complexity index is 766. The third-order valence-electron chi connectivity index (χ3n) is 3.29. The third kappa shape index (κ3) is 3.09. The van der Waals surface area contributed by atoms with Gasteiger partial charge in [-0.05, 0) is 31.5 Å². The van der Waals surface area contributed by atoms with Crippen LogP contribution in [0.1, 0.15) is 10.4 Å². The largest absolute Gasteiger partial charge is 0.331 e. The van der Waals surface area contributed by atoms with E-state index >= 15 is 0 Å². The fraction of sp³-hybridized carbons (Fsp3) is 0.118. The molecule has 0 atom stereocenters. The number of rotatable bonds is 3. The van der Waals surface area contributed by atoms with Crippen molar-refractivity contribution in [1.29, 1.82) is 0 Å². The summed E-state index contributed by atoms with van der Waals surface area (Å²) in [5, 5.41) is 4.97. The first kappa shape index (κ1) is 14.1. The number of benzene rings is 2. The molecule has 0 amide bonds. The Morgan fingerprint density at radius 3 is 2.57 bits per heavy atom. The van der Waals surface area contributed by atoms with Crippen LogP contribution in [0.3, 0.4) is 0 Å². The highest BCUT2D eigenvalue weighted by atomic mass is 35.5. The van der Waals surface area contributed by atoms with Crippen molar-refractivity contribution < 1.29 is 0 Å². The summed E-state index contributed by atoms with van der Waals surface area (Å²) in [5.74, 6) is 0. The monoisotopic (exact) mass is 314 g/mol. The second-order valence-electron chi connectivity index (χ2n) is 4.87. The highest BCUT2D eigenvalue weighted by Gasteiger charge is 2.10. The van der Waals surface area contributed by atoms with Crippen LogP contribution in [0, 0.1) is 13.8 Å². The van der Waals surface area contributed by atoms with Crippen LogP contribution in [-0.4, -0.2) is 4.98 Å². The third-order valence-corrected chi connectivity index (χ3v) is 4.41. The number of hydrogen-bond donors (Lipinski definition) is 1. The molecule has 2 nitrogen and oxygen atoms in total. The average Bonchev–Trinajstić information content (AvgIpc) is 2.84. The summed E-state index contributed by atoms with van der Waals surface area (Å²) in [4.78, 5) is 5.91. The van der Waals surface area contributed by atoms with E-state index in [1.807, 2.05) is 36.4 Å². The van der Waals surface area contributed by atoms with Crippen molar-refractivity contribution in [2.24, 2.45) is 0 Å². The van der Waals surface area contributed by atoms with E-state index in [1.165, 1.54) is 4.88 Å². The van der Waals surface area contributed by atoms with Crippen molar-refractivity contribution in [3.8, 4) is 11.3 Å². The standard InChI is InChI=1S/C17H15ClN2S/c1-11-8-9-14(18)10-15(11)19-17-20-16(12(2)21-17)13-6-4-3-5-7-13/h3-10H,1-2H3,(H,19,20). The van der Waals surface area contributed by atoms with Gasteiger partial charge in [0.25, 0.3) is 0 Å². The number of thiazole rings is 1. The smallest absolute Gasteiger partial charge is 0.187 e. The van der Waals surface area contributed by atoms with Crippen molar-refractivity contribution in [3.05, 3.63) is 64.0 Å².